The van der Waals surface area contributed by atoms with Gasteiger partial charge in [0.25, 0.3) is 0 Å². The molecule has 0 bridgehead atoms. The second-order valence-electron chi connectivity index (χ2n) is 3.77. The third-order valence-corrected chi connectivity index (χ3v) is 2.28. The maximum Gasteiger partial charge on any atom is 0.327 e. The molecule has 17 heavy (non-hydrogen) atoms. The SMILES string of the molecule is O=C(O)C=CCCCCOCc1ccccc1. The number of carboxylic acids is 1. The van der Waals surface area contributed by atoms with Crippen molar-refractivity contribution in [1.82, 2.24) is 0 Å². The summed E-state index contributed by atoms with van der Waals surface area (Å²) in [5.41, 5.74) is 1.18. The van der Waals surface area contributed by atoms with Gasteiger partial charge in [0.1, 0.15) is 0 Å². The van der Waals surface area contributed by atoms with Crippen LogP contribution in [0.4, 0.5) is 0 Å². The average molecular weight is 234 g/mol. The zero-order chi connectivity index (χ0) is 12.3. The van der Waals surface area contributed by atoms with E-state index in [-0.39, 0.29) is 0 Å². The van der Waals surface area contributed by atoms with E-state index in [1.165, 1.54) is 11.6 Å². The Bertz CT molecular complexity index is 344. The normalized spacial score (nSPS) is 10.8. The Morgan fingerprint density at radius 1 is 1.24 bits per heavy atom. The van der Waals surface area contributed by atoms with Crippen molar-refractivity contribution in [3.8, 4) is 0 Å². The van der Waals surface area contributed by atoms with Gasteiger partial charge in [0.2, 0.25) is 0 Å². The van der Waals surface area contributed by atoms with Gasteiger partial charge in [-0.25, -0.2) is 4.79 Å². The van der Waals surface area contributed by atoms with Crippen molar-refractivity contribution >= 4 is 5.97 Å². The van der Waals surface area contributed by atoms with Crippen LogP contribution in [0.3, 0.4) is 0 Å². The predicted molar refractivity (Wildman–Crippen MR) is 66.7 cm³/mol. The van der Waals surface area contributed by atoms with Crippen LogP contribution in [-0.4, -0.2) is 17.7 Å². The third-order valence-electron chi connectivity index (χ3n) is 2.28. The number of carboxylic acid groups (broad SMARTS) is 1. The van der Waals surface area contributed by atoms with Crippen molar-refractivity contribution in [1.29, 1.82) is 0 Å². The van der Waals surface area contributed by atoms with Crippen LogP contribution in [0.15, 0.2) is 42.5 Å². The summed E-state index contributed by atoms with van der Waals surface area (Å²) in [5.74, 6) is -0.884. The van der Waals surface area contributed by atoms with Gasteiger partial charge in [-0.3, -0.25) is 0 Å². The van der Waals surface area contributed by atoms with Gasteiger partial charge < -0.3 is 9.84 Å². The largest absolute Gasteiger partial charge is 0.478 e. The number of hydrogen-bond acceptors (Lipinski definition) is 2. The Morgan fingerprint density at radius 2 is 2.00 bits per heavy atom. The summed E-state index contributed by atoms with van der Waals surface area (Å²) in [6.45, 7) is 1.36. The minimum atomic E-state index is -0.884. The lowest BCUT2D eigenvalue weighted by Gasteiger charge is -2.03. The highest BCUT2D eigenvalue weighted by Crippen LogP contribution is 2.02. The Labute approximate surface area is 102 Å². The Kier molecular flexibility index (Phi) is 6.75. The number of carbonyl (C=O) groups is 1. The number of benzene rings is 1. The number of ether oxygens (including phenoxy) is 1. The third kappa shape index (κ3) is 7.30. The van der Waals surface area contributed by atoms with E-state index in [0.29, 0.717) is 6.61 Å². The maximum atomic E-state index is 10.2. The molecule has 0 unspecified atom stereocenters. The number of hydrogen-bond donors (Lipinski definition) is 1. The number of rotatable bonds is 8. The fourth-order valence-corrected chi connectivity index (χ4v) is 1.41. The van der Waals surface area contributed by atoms with Gasteiger partial charge in [-0.2, -0.15) is 0 Å². The molecule has 0 radical (unpaired) electrons. The van der Waals surface area contributed by atoms with Crippen LogP contribution < -0.4 is 0 Å². The zero-order valence-electron chi connectivity index (χ0n) is 9.84. The molecule has 0 aliphatic rings. The van der Waals surface area contributed by atoms with Gasteiger partial charge in [0.15, 0.2) is 0 Å². The van der Waals surface area contributed by atoms with E-state index in [9.17, 15) is 4.79 Å². The van der Waals surface area contributed by atoms with Crippen LogP contribution in [0.2, 0.25) is 0 Å². The molecular weight excluding hydrogens is 216 g/mol. The minimum Gasteiger partial charge on any atom is -0.478 e. The van der Waals surface area contributed by atoms with Crippen molar-refractivity contribution in [2.45, 2.75) is 25.9 Å². The smallest absolute Gasteiger partial charge is 0.327 e. The molecule has 0 atom stereocenters. The van der Waals surface area contributed by atoms with Crippen molar-refractivity contribution < 1.29 is 14.6 Å². The Balaban J connectivity index is 1.96. The first-order valence-electron chi connectivity index (χ1n) is 5.80. The first kappa shape index (κ1) is 13.5. The Hall–Kier alpha value is -1.61. The van der Waals surface area contributed by atoms with Gasteiger partial charge in [-0.15, -0.1) is 0 Å². The first-order valence-corrected chi connectivity index (χ1v) is 5.80. The van der Waals surface area contributed by atoms with E-state index >= 15 is 0 Å². The molecule has 0 amide bonds. The van der Waals surface area contributed by atoms with E-state index in [4.69, 9.17) is 9.84 Å². The van der Waals surface area contributed by atoms with Gasteiger partial charge in [-0.05, 0) is 24.8 Å². The Morgan fingerprint density at radius 3 is 2.71 bits per heavy atom. The zero-order valence-corrected chi connectivity index (χ0v) is 9.84. The lowest BCUT2D eigenvalue weighted by atomic mass is 10.2. The second-order valence-corrected chi connectivity index (χ2v) is 3.77. The monoisotopic (exact) mass is 234 g/mol. The fourth-order valence-electron chi connectivity index (χ4n) is 1.41. The van der Waals surface area contributed by atoms with Crippen LogP contribution in [-0.2, 0) is 16.1 Å². The summed E-state index contributed by atoms with van der Waals surface area (Å²) in [5, 5.41) is 8.37. The molecule has 1 aromatic carbocycles. The quantitative estimate of drug-likeness (QED) is 0.555. The number of unbranched alkanes of at least 4 members (excludes halogenated alkanes) is 2. The highest BCUT2D eigenvalue weighted by molar-refractivity contribution is 5.79. The van der Waals surface area contributed by atoms with Crippen molar-refractivity contribution in [2.24, 2.45) is 0 Å². The summed E-state index contributed by atoms with van der Waals surface area (Å²) >= 11 is 0. The van der Waals surface area contributed by atoms with Crippen molar-refractivity contribution in [3.63, 3.8) is 0 Å². The summed E-state index contributed by atoms with van der Waals surface area (Å²) in [6, 6.07) is 10.0. The van der Waals surface area contributed by atoms with Crippen LogP contribution in [0.1, 0.15) is 24.8 Å². The molecule has 0 fully saturated rings. The molecule has 1 N–H and O–H groups in total. The maximum absolute atomic E-state index is 10.2. The van der Waals surface area contributed by atoms with Crippen molar-refractivity contribution in [2.75, 3.05) is 6.61 Å². The minimum absolute atomic E-state index is 0.645. The van der Waals surface area contributed by atoms with E-state index < -0.39 is 5.97 Å². The summed E-state index contributed by atoms with van der Waals surface area (Å²) in [6.07, 6.45) is 5.57. The van der Waals surface area contributed by atoms with Gasteiger partial charge >= 0.3 is 5.97 Å². The van der Waals surface area contributed by atoms with Crippen LogP contribution in [0.5, 0.6) is 0 Å². The van der Waals surface area contributed by atoms with E-state index in [1.54, 1.807) is 6.08 Å². The molecule has 0 aliphatic heterocycles. The number of allylic oxidation sites excluding steroid dienone is 1. The van der Waals surface area contributed by atoms with E-state index in [2.05, 4.69) is 0 Å². The fraction of sp³-hybridized carbons (Fsp3) is 0.357. The molecule has 0 saturated carbocycles. The van der Waals surface area contributed by atoms with Crippen molar-refractivity contribution in [3.05, 3.63) is 48.0 Å². The molecule has 3 nitrogen and oxygen atoms in total. The number of aliphatic carboxylic acids is 1. The molecule has 1 aromatic rings. The summed E-state index contributed by atoms with van der Waals surface area (Å²) in [7, 11) is 0. The molecule has 1 rings (SSSR count). The second kappa shape index (κ2) is 8.53. The van der Waals surface area contributed by atoms with Gasteiger partial charge in [0.05, 0.1) is 6.61 Å². The lowest BCUT2D eigenvalue weighted by Crippen LogP contribution is -1.95. The highest BCUT2D eigenvalue weighted by Gasteiger charge is 1.92. The lowest BCUT2D eigenvalue weighted by molar-refractivity contribution is -0.131. The molecule has 0 aliphatic carbocycles. The van der Waals surface area contributed by atoms with Crippen LogP contribution >= 0.6 is 0 Å². The van der Waals surface area contributed by atoms with E-state index in [1.807, 2.05) is 30.3 Å². The molecule has 3 heteroatoms. The molecular formula is C14H18O3. The molecule has 0 heterocycles. The molecule has 0 spiro atoms. The molecule has 0 saturated heterocycles. The standard InChI is InChI=1S/C14H18O3/c15-14(16)10-6-1-2-7-11-17-12-13-8-4-3-5-9-13/h3-6,8-10H,1-2,7,11-12H2,(H,15,16). The van der Waals surface area contributed by atoms with Gasteiger partial charge in [-0.1, -0.05) is 36.4 Å². The van der Waals surface area contributed by atoms with Crippen LogP contribution in [0.25, 0.3) is 0 Å². The molecule has 0 aromatic heterocycles. The predicted octanol–water partition coefficient (Wildman–Crippen LogP) is 3.01. The molecule has 92 valence electrons. The van der Waals surface area contributed by atoms with Gasteiger partial charge in [0, 0.05) is 12.7 Å². The average Bonchev–Trinajstić information content (AvgIpc) is 2.33. The summed E-state index contributed by atoms with van der Waals surface area (Å²) in [4.78, 5) is 10.2. The summed E-state index contributed by atoms with van der Waals surface area (Å²) < 4.78 is 5.51. The van der Waals surface area contributed by atoms with E-state index in [0.717, 1.165) is 25.9 Å². The topological polar surface area (TPSA) is 46.5 Å². The highest BCUT2D eigenvalue weighted by atomic mass is 16.5. The van der Waals surface area contributed by atoms with Crippen LogP contribution in [0, 0.1) is 0 Å². The first-order chi connectivity index (χ1) is 8.29.